The maximum atomic E-state index is 12.9. The average Bonchev–Trinajstić information content (AvgIpc) is 3.23. The number of carbonyl (C=O) groups is 2. The monoisotopic (exact) mass is 355 g/mol. The van der Waals surface area contributed by atoms with Gasteiger partial charge in [-0.2, -0.15) is 0 Å². The Bertz CT molecular complexity index is 823. The van der Waals surface area contributed by atoms with Crippen LogP contribution in [-0.4, -0.2) is 52.8 Å². The summed E-state index contributed by atoms with van der Waals surface area (Å²) in [6, 6.07) is 5.40. The van der Waals surface area contributed by atoms with Crippen LogP contribution in [0.2, 0.25) is 0 Å². The van der Waals surface area contributed by atoms with E-state index in [0.29, 0.717) is 36.7 Å². The van der Waals surface area contributed by atoms with Crippen molar-refractivity contribution in [3.8, 4) is 0 Å². The number of hydrogen-bond donors (Lipinski definition) is 0. The molecule has 2 aromatic rings. The van der Waals surface area contributed by atoms with Gasteiger partial charge in [0.05, 0.1) is 0 Å². The van der Waals surface area contributed by atoms with Crippen molar-refractivity contribution in [1.29, 1.82) is 0 Å². The van der Waals surface area contributed by atoms with Crippen molar-refractivity contribution in [2.24, 2.45) is 5.92 Å². The van der Waals surface area contributed by atoms with E-state index in [1.807, 2.05) is 15.9 Å². The Morgan fingerprint density at radius 3 is 2.58 bits per heavy atom. The SMILES string of the molecule is Cc1nc2ccc(C(=O)N3CCCN(C(=O)C4CCCC4)CC3)cc2o1. The first-order valence-corrected chi connectivity index (χ1v) is 9.57. The Hall–Kier alpha value is -2.37. The van der Waals surface area contributed by atoms with Crippen LogP contribution >= 0.6 is 0 Å². The molecule has 0 spiro atoms. The molecule has 1 saturated heterocycles. The molecule has 0 bridgehead atoms. The van der Waals surface area contributed by atoms with E-state index >= 15 is 0 Å². The zero-order valence-electron chi connectivity index (χ0n) is 15.2. The summed E-state index contributed by atoms with van der Waals surface area (Å²) >= 11 is 0. The van der Waals surface area contributed by atoms with Crippen molar-refractivity contribution in [3.63, 3.8) is 0 Å². The summed E-state index contributed by atoms with van der Waals surface area (Å²) < 4.78 is 5.54. The van der Waals surface area contributed by atoms with Crippen LogP contribution < -0.4 is 0 Å². The fourth-order valence-corrected chi connectivity index (χ4v) is 4.13. The number of benzene rings is 1. The summed E-state index contributed by atoms with van der Waals surface area (Å²) in [5.41, 5.74) is 2.02. The molecule has 2 heterocycles. The standard InChI is InChI=1S/C20H25N3O3/c1-14-21-17-8-7-16(13-18(17)26-14)20(25)23-10-4-9-22(11-12-23)19(24)15-5-2-3-6-15/h7-8,13,15H,2-6,9-12H2,1H3. The molecule has 4 rings (SSSR count). The third-order valence-electron chi connectivity index (χ3n) is 5.54. The van der Waals surface area contributed by atoms with Gasteiger partial charge in [-0.1, -0.05) is 12.8 Å². The average molecular weight is 355 g/mol. The number of amides is 2. The van der Waals surface area contributed by atoms with E-state index < -0.39 is 0 Å². The van der Waals surface area contributed by atoms with E-state index in [0.717, 1.165) is 31.3 Å². The van der Waals surface area contributed by atoms with Crippen molar-refractivity contribution in [2.75, 3.05) is 26.2 Å². The molecule has 6 nitrogen and oxygen atoms in total. The Kier molecular flexibility index (Phi) is 4.66. The Morgan fingerprint density at radius 1 is 1.04 bits per heavy atom. The predicted octanol–water partition coefficient (Wildman–Crippen LogP) is 3.00. The number of aromatic nitrogens is 1. The predicted molar refractivity (Wildman–Crippen MR) is 97.8 cm³/mol. The summed E-state index contributed by atoms with van der Waals surface area (Å²) in [6.07, 6.45) is 5.20. The van der Waals surface area contributed by atoms with Crippen LogP contribution in [-0.2, 0) is 4.79 Å². The lowest BCUT2D eigenvalue weighted by Crippen LogP contribution is -2.39. The largest absolute Gasteiger partial charge is 0.441 e. The molecule has 2 amide bonds. The van der Waals surface area contributed by atoms with E-state index in [2.05, 4.69) is 4.98 Å². The third-order valence-corrected chi connectivity index (χ3v) is 5.54. The van der Waals surface area contributed by atoms with Crippen LogP contribution in [0.3, 0.4) is 0 Å². The van der Waals surface area contributed by atoms with Gasteiger partial charge in [-0.3, -0.25) is 9.59 Å². The topological polar surface area (TPSA) is 66.7 Å². The molecule has 1 aliphatic heterocycles. The molecule has 26 heavy (non-hydrogen) atoms. The Balaban J connectivity index is 1.44. The minimum Gasteiger partial charge on any atom is -0.441 e. The molecular formula is C20H25N3O3. The molecule has 0 atom stereocenters. The molecule has 1 aromatic carbocycles. The summed E-state index contributed by atoms with van der Waals surface area (Å²) in [4.78, 5) is 33.6. The molecule has 2 fully saturated rings. The molecule has 1 aromatic heterocycles. The van der Waals surface area contributed by atoms with Crippen LogP contribution in [0, 0.1) is 12.8 Å². The van der Waals surface area contributed by atoms with Gasteiger partial charge in [0.2, 0.25) is 5.91 Å². The molecule has 6 heteroatoms. The first-order valence-electron chi connectivity index (χ1n) is 9.57. The van der Waals surface area contributed by atoms with Gasteiger partial charge in [-0.25, -0.2) is 4.98 Å². The summed E-state index contributed by atoms with van der Waals surface area (Å²) in [5, 5.41) is 0. The Labute approximate surface area is 153 Å². The normalized spacial score (nSPS) is 19.1. The maximum Gasteiger partial charge on any atom is 0.254 e. The van der Waals surface area contributed by atoms with Crippen LogP contribution in [0.5, 0.6) is 0 Å². The minimum atomic E-state index is -0.00359. The summed E-state index contributed by atoms with van der Waals surface area (Å²) in [7, 11) is 0. The minimum absolute atomic E-state index is 0.00359. The maximum absolute atomic E-state index is 12.9. The molecule has 1 saturated carbocycles. The van der Waals surface area contributed by atoms with Gasteiger partial charge < -0.3 is 14.2 Å². The van der Waals surface area contributed by atoms with E-state index in [4.69, 9.17) is 4.42 Å². The van der Waals surface area contributed by atoms with Gasteiger partial charge in [0.15, 0.2) is 11.5 Å². The molecule has 0 radical (unpaired) electrons. The highest BCUT2D eigenvalue weighted by Crippen LogP contribution is 2.27. The quantitative estimate of drug-likeness (QED) is 0.830. The van der Waals surface area contributed by atoms with E-state index in [1.165, 1.54) is 12.8 Å². The van der Waals surface area contributed by atoms with Crippen molar-refractivity contribution >= 4 is 22.9 Å². The van der Waals surface area contributed by atoms with Crippen LogP contribution in [0.15, 0.2) is 22.6 Å². The number of fused-ring (bicyclic) bond motifs is 1. The lowest BCUT2D eigenvalue weighted by atomic mass is 10.1. The number of nitrogens with zero attached hydrogens (tertiary/aromatic N) is 3. The van der Waals surface area contributed by atoms with Gasteiger partial charge in [-0.05, 0) is 37.5 Å². The fourth-order valence-electron chi connectivity index (χ4n) is 4.13. The highest BCUT2D eigenvalue weighted by atomic mass is 16.3. The first kappa shape index (κ1) is 17.1. The number of aryl methyl sites for hydroxylation is 1. The van der Waals surface area contributed by atoms with Crippen molar-refractivity contribution in [3.05, 3.63) is 29.7 Å². The van der Waals surface area contributed by atoms with Crippen molar-refractivity contribution < 1.29 is 14.0 Å². The van der Waals surface area contributed by atoms with Gasteiger partial charge in [0.1, 0.15) is 5.52 Å². The van der Waals surface area contributed by atoms with Crippen LogP contribution in [0.4, 0.5) is 0 Å². The second kappa shape index (κ2) is 7.09. The summed E-state index contributed by atoms with van der Waals surface area (Å²) in [5.74, 6) is 1.08. The van der Waals surface area contributed by atoms with Gasteiger partial charge in [0, 0.05) is 44.6 Å². The zero-order chi connectivity index (χ0) is 18.1. The third kappa shape index (κ3) is 3.32. The van der Waals surface area contributed by atoms with Gasteiger partial charge in [0.25, 0.3) is 5.91 Å². The zero-order valence-corrected chi connectivity index (χ0v) is 15.2. The molecule has 138 valence electrons. The van der Waals surface area contributed by atoms with E-state index in [9.17, 15) is 9.59 Å². The molecular weight excluding hydrogens is 330 g/mol. The summed E-state index contributed by atoms with van der Waals surface area (Å²) in [6.45, 7) is 4.45. The molecule has 1 aliphatic carbocycles. The highest BCUT2D eigenvalue weighted by molar-refractivity contribution is 5.97. The van der Waals surface area contributed by atoms with Gasteiger partial charge >= 0.3 is 0 Å². The molecule has 0 N–H and O–H groups in total. The van der Waals surface area contributed by atoms with Crippen molar-refractivity contribution in [2.45, 2.75) is 39.0 Å². The lowest BCUT2D eigenvalue weighted by Gasteiger charge is -2.24. The lowest BCUT2D eigenvalue weighted by molar-refractivity contribution is -0.135. The molecule has 2 aliphatic rings. The number of carbonyl (C=O) groups excluding carboxylic acids is 2. The first-order chi connectivity index (χ1) is 12.6. The van der Waals surface area contributed by atoms with Crippen molar-refractivity contribution in [1.82, 2.24) is 14.8 Å². The molecule has 0 unspecified atom stereocenters. The number of rotatable bonds is 2. The van der Waals surface area contributed by atoms with E-state index in [-0.39, 0.29) is 17.7 Å². The van der Waals surface area contributed by atoms with Crippen LogP contribution in [0.25, 0.3) is 11.1 Å². The van der Waals surface area contributed by atoms with Crippen LogP contribution in [0.1, 0.15) is 48.4 Å². The highest BCUT2D eigenvalue weighted by Gasteiger charge is 2.29. The smallest absolute Gasteiger partial charge is 0.254 e. The second-order valence-electron chi connectivity index (χ2n) is 7.37. The number of oxazole rings is 1. The van der Waals surface area contributed by atoms with E-state index in [1.54, 1.807) is 19.1 Å². The Morgan fingerprint density at radius 2 is 1.77 bits per heavy atom. The second-order valence-corrected chi connectivity index (χ2v) is 7.37. The van der Waals surface area contributed by atoms with Gasteiger partial charge in [-0.15, -0.1) is 0 Å². The number of hydrogen-bond acceptors (Lipinski definition) is 4. The fraction of sp³-hybridized carbons (Fsp3) is 0.550.